The smallest absolute Gasteiger partial charge is 0.271 e. The number of nitro groups is 1. The molecule has 0 saturated carbocycles. The molecular weight excluding hydrogens is 246 g/mol. The topological polar surface area (TPSA) is 101 Å². The van der Waals surface area contributed by atoms with Crippen molar-refractivity contribution in [2.45, 2.75) is 18.9 Å². The minimum Gasteiger partial charge on any atom is -0.342 e. The minimum absolute atomic E-state index is 0.0726. The molecule has 7 heteroatoms. The number of piperidine rings is 1. The number of aromatic nitrogens is 2. The Bertz CT molecular complexity index is 616. The Balaban J connectivity index is 1.91. The highest BCUT2D eigenvalue weighted by molar-refractivity contribution is 5.80. The summed E-state index contributed by atoms with van der Waals surface area (Å²) in [6.45, 7) is 1.73. The maximum absolute atomic E-state index is 10.7. The van der Waals surface area contributed by atoms with Crippen LogP contribution in [0.5, 0.6) is 0 Å². The number of hydrogen-bond donors (Lipinski definition) is 2. The minimum atomic E-state index is -0.403. The molecule has 100 valence electrons. The molecule has 1 fully saturated rings. The molecule has 2 heterocycles. The van der Waals surface area contributed by atoms with E-state index in [2.05, 4.69) is 14.9 Å². The summed E-state index contributed by atoms with van der Waals surface area (Å²) >= 11 is 0. The van der Waals surface area contributed by atoms with Crippen LogP contribution in [0.15, 0.2) is 18.2 Å². The fraction of sp³-hybridized carbons (Fsp3) is 0.417. The molecule has 1 saturated heterocycles. The summed E-state index contributed by atoms with van der Waals surface area (Å²) in [7, 11) is 0. The third-order valence-electron chi connectivity index (χ3n) is 3.50. The Labute approximate surface area is 109 Å². The average Bonchev–Trinajstić information content (AvgIpc) is 2.82. The van der Waals surface area contributed by atoms with Gasteiger partial charge in [-0.3, -0.25) is 10.1 Å². The Morgan fingerprint density at radius 3 is 2.84 bits per heavy atom. The van der Waals surface area contributed by atoms with Crippen molar-refractivity contribution in [3.63, 3.8) is 0 Å². The normalized spacial score (nSPS) is 17.0. The highest BCUT2D eigenvalue weighted by Crippen LogP contribution is 2.23. The van der Waals surface area contributed by atoms with Gasteiger partial charge in [0.05, 0.1) is 16.0 Å². The van der Waals surface area contributed by atoms with E-state index in [0.29, 0.717) is 5.52 Å². The standard InChI is InChI=1S/C12H15N5O2/c13-8-3-5-16(6-4-8)12-14-10-2-1-9(17(18)19)7-11(10)15-12/h1-2,7-8H,3-6,13H2,(H,14,15). The van der Waals surface area contributed by atoms with Crippen molar-refractivity contribution < 1.29 is 4.92 Å². The lowest BCUT2D eigenvalue weighted by Crippen LogP contribution is -2.40. The molecule has 0 amide bonds. The van der Waals surface area contributed by atoms with E-state index in [4.69, 9.17) is 5.73 Å². The van der Waals surface area contributed by atoms with Crippen molar-refractivity contribution >= 4 is 22.7 Å². The number of nitrogens with one attached hydrogen (secondary N) is 1. The number of nitrogens with zero attached hydrogens (tertiary/aromatic N) is 3. The summed E-state index contributed by atoms with van der Waals surface area (Å²) in [4.78, 5) is 20.1. The van der Waals surface area contributed by atoms with Gasteiger partial charge in [-0.25, -0.2) is 4.98 Å². The number of non-ortho nitro benzene ring substituents is 1. The van der Waals surface area contributed by atoms with E-state index in [9.17, 15) is 10.1 Å². The van der Waals surface area contributed by atoms with Crippen molar-refractivity contribution in [1.82, 2.24) is 9.97 Å². The van der Waals surface area contributed by atoms with Crippen LogP contribution in [0.3, 0.4) is 0 Å². The number of nitro benzene ring substituents is 1. The zero-order chi connectivity index (χ0) is 13.4. The highest BCUT2D eigenvalue weighted by Gasteiger charge is 2.19. The van der Waals surface area contributed by atoms with Crippen LogP contribution in [-0.4, -0.2) is 34.0 Å². The first-order chi connectivity index (χ1) is 9.13. The first-order valence-corrected chi connectivity index (χ1v) is 6.28. The number of nitrogens with two attached hydrogens (primary N) is 1. The van der Waals surface area contributed by atoms with E-state index < -0.39 is 4.92 Å². The van der Waals surface area contributed by atoms with E-state index in [1.54, 1.807) is 6.07 Å². The molecule has 1 aliphatic heterocycles. The summed E-state index contributed by atoms with van der Waals surface area (Å²) in [5.41, 5.74) is 7.38. The SMILES string of the molecule is NC1CCN(c2nc3ccc([N+](=O)[O-])cc3[nH]2)CC1. The maximum Gasteiger partial charge on any atom is 0.271 e. The summed E-state index contributed by atoms with van der Waals surface area (Å²) in [6, 6.07) is 4.92. The van der Waals surface area contributed by atoms with Crippen molar-refractivity contribution in [1.29, 1.82) is 0 Å². The molecule has 3 N–H and O–H groups in total. The second kappa shape index (κ2) is 4.51. The van der Waals surface area contributed by atoms with Gasteiger partial charge in [-0.1, -0.05) is 0 Å². The Hall–Kier alpha value is -2.15. The van der Waals surface area contributed by atoms with E-state index in [1.807, 2.05) is 0 Å². The fourth-order valence-electron chi connectivity index (χ4n) is 2.36. The summed E-state index contributed by atoms with van der Waals surface area (Å²) in [5, 5.41) is 10.7. The first kappa shape index (κ1) is 11.9. The Morgan fingerprint density at radius 1 is 1.42 bits per heavy atom. The number of anilines is 1. The molecule has 3 rings (SSSR count). The number of hydrogen-bond acceptors (Lipinski definition) is 5. The van der Waals surface area contributed by atoms with Gasteiger partial charge in [0.2, 0.25) is 5.95 Å². The van der Waals surface area contributed by atoms with Gasteiger partial charge in [0.1, 0.15) is 0 Å². The highest BCUT2D eigenvalue weighted by atomic mass is 16.6. The quantitative estimate of drug-likeness (QED) is 0.628. The molecule has 19 heavy (non-hydrogen) atoms. The van der Waals surface area contributed by atoms with E-state index >= 15 is 0 Å². The van der Waals surface area contributed by atoms with E-state index in [0.717, 1.165) is 37.4 Å². The van der Waals surface area contributed by atoms with Crippen LogP contribution in [0.2, 0.25) is 0 Å². The third-order valence-corrected chi connectivity index (χ3v) is 3.50. The first-order valence-electron chi connectivity index (χ1n) is 6.28. The molecule has 0 aliphatic carbocycles. The van der Waals surface area contributed by atoms with Gasteiger partial charge >= 0.3 is 0 Å². The Kier molecular flexibility index (Phi) is 2.83. The van der Waals surface area contributed by atoms with Gasteiger partial charge in [-0.2, -0.15) is 0 Å². The molecule has 0 atom stereocenters. The number of rotatable bonds is 2. The molecule has 0 radical (unpaired) electrons. The molecule has 0 spiro atoms. The molecule has 0 bridgehead atoms. The van der Waals surface area contributed by atoms with Gasteiger partial charge in [-0.05, 0) is 18.9 Å². The lowest BCUT2D eigenvalue weighted by molar-refractivity contribution is -0.384. The molecule has 2 aromatic rings. The molecule has 0 unspecified atom stereocenters. The monoisotopic (exact) mass is 261 g/mol. The van der Waals surface area contributed by atoms with Crippen LogP contribution in [0.25, 0.3) is 11.0 Å². The molecule has 1 aromatic carbocycles. The number of benzene rings is 1. The number of imidazole rings is 1. The van der Waals surface area contributed by atoms with Crippen LogP contribution in [0.1, 0.15) is 12.8 Å². The zero-order valence-electron chi connectivity index (χ0n) is 10.4. The third kappa shape index (κ3) is 2.24. The van der Waals surface area contributed by atoms with Crippen LogP contribution in [-0.2, 0) is 0 Å². The van der Waals surface area contributed by atoms with Gasteiger partial charge in [0.25, 0.3) is 5.69 Å². The zero-order valence-corrected chi connectivity index (χ0v) is 10.4. The molecule has 1 aromatic heterocycles. The van der Waals surface area contributed by atoms with Crippen LogP contribution in [0.4, 0.5) is 11.6 Å². The van der Waals surface area contributed by atoms with Crippen LogP contribution < -0.4 is 10.6 Å². The van der Waals surface area contributed by atoms with Crippen molar-refractivity contribution in [3.8, 4) is 0 Å². The lowest BCUT2D eigenvalue weighted by atomic mass is 10.1. The summed E-state index contributed by atoms with van der Waals surface area (Å²) < 4.78 is 0. The summed E-state index contributed by atoms with van der Waals surface area (Å²) in [6.07, 6.45) is 1.88. The second-order valence-electron chi connectivity index (χ2n) is 4.84. The molecule has 7 nitrogen and oxygen atoms in total. The van der Waals surface area contributed by atoms with Gasteiger partial charge in [0, 0.05) is 31.3 Å². The summed E-state index contributed by atoms with van der Waals surface area (Å²) in [5.74, 6) is 0.766. The predicted octanol–water partition coefficient (Wildman–Crippen LogP) is 1.40. The molecular formula is C12H15N5O2. The van der Waals surface area contributed by atoms with Gasteiger partial charge in [-0.15, -0.1) is 0 Å². The van der Waals surface area contributed by atoms with Gasteiger partial charge in [0.15, 0.2) is 0 Å². The largest absolute Gasteiger partial charge is 0.342 e. The molecule has 1 aliphatic rings. The lowest BCUT2D eigenvalue weighted by Gasteiger charge is -2.29. The van der Waals surface area contributed by atoms with Gasteiger partial charge < -0.3 is 15.6 Å². The number of fused-ring (bicyclic) bond motifs is 1. The van der Waals surface area contributed by atoms with E-state index in [1.165, 1.54) is 12.1 Å². The number of H-pyrrole nitrogens is 1. The Morgan fingerprint density at radius 2 is 2.16 bits per heavy atom. The number of aromatic amines is 1. The second-order valence-corrected chi connectivity index (χ2v) is 4.84. The fourth-order valence-corrected chi connectivity index (χ4v) is 2.36. The van der Waals surface area contributed by atoms with Crippen LogP contribution >= 0.6 is 0 Å². The van der Waals surface area contributed by atoms with E-state index in [-0.39, 0.29) is 11.7 Å². The maximum atomic E-state index is 10.7. The van der Waals surface area contributed by atoms with Crippen molar-refractivity contribution in [2.24, 2.45) is 5.73 Å². The van der Waals surface area contributed by atoms with Crippen LogP contribution in [0, 0.1) is 10.1 Å². The van der Waals surface area contributed by atoms with Crippen molar-refractivity contribution in [2.75, 3.05) is 18.0 Å². The van der Waals surface area contributed by atoms with Crippen molar-refractivity contribution in [3.05, 3.63) is 28.3 Å². The predicted molar refractivity (Wildman–Crippen MR) is 72.2 cm³/mol. The average molecular weight is 261 g/mol.